The second-order valence-corrected chi connectivity index (χ2v) is 10.3. The zero-order chi connectivity index (χ0) is 25.8. The van der Waals surface area contributed by atoms with Crippen molar-refractivity contribution in [1.82, 2.24) is 0 Å². The summed E-state index contributed by atoms with van der Waals surface area (Å²) in [6, 6.07) is 41.6. The highest BCUT2D eigenvalue weighted by Crippen LogP contribution is 2.46. The van der Waals surface area contributed by atoms with Gasteiger partial charge in [0.05, 0.1) is 0 Å². The fourth-order valence-corrected chi connectivity index (χ4v) is 6.37. The zero-order valence-corrected chi connectivity index (χ0v) is 21.5. The molecule has 1 heterocycles. The van der Waals surface area contributed by atoms with Gasteiger partial charge in [0.25, 0.3) is 0 Å². The van der Waals surface area contributed by atoms with Gasteiger partial charge in [-0.25, -0.2) is 0 Å². The van der Waals surface area contributed by atoms with Crippen molar-refractivity contribution in [2.75, 3.05) is 0 Å². The van der Waals surface area contributed by atoms with Crippen molar-refractivity contribution in [3.8, 4) is 22.3 Å². The molecule has 6 aromatic carbocycles. The van der Waals surface area contributed by atoms with Gasteiger partial charge in [-0.1, -0.05) is 121 Å². The van der Waals surface area contributed by atoms with E-state index in [-0.39, 0.29) is 0 Å². The number of para-hydroxylation sites is 1. The second kappa shape index (κ2) is 8.85. The quantitative estimate of drug-likeness (QED) is 0.221. The van der Waals surface area contributed by atoms with Crippen LogP contribution in [-0.2, 0) is 0 Å². The van der Waals surface area contributed by atoms with Gasteiger partial charge in [0.1, 0.15) is 11.2 Å². The van der Waals surface area contributed by atoms with Crippen LogP contribution in [0.4, 0.5) is 0 Å². The van der Waals surface area contributed by atoms with E-state index >= 15 is 0 Å². The number of allylic oxidation sites excluding steroid dienone is 4. The van der Waals surface area contributed by atoms with Crippen LogP contribution in [0.1, 0.15) is 18.4 Å². The van der Waals surface area contributed by atoms with Crippen LogP contribution in [0.3, 0.4) is 0 Å². The molecule has 0 radical (unpaired) electrons. The summed E-state index contributed by atoms with van der Waals surface area (Å²) in [6.45, 7) is 0. The summed E-state index contributed by atoms with van der Waals surface area (Å²) in [7, 11) is 0. The summed E-state index contributed by atoms with van der Waals surface area (Å²) in [5.41, 5.74) is 9.44. The van der Waals surface area contributed by atoms with E-state index in [9.17, 15) is 0 Å². The number of rotatable bonds is 3. The maximum absolute atomic E-state index is 6.28. The van der Waals surface area contributed by atoms with Gasteiger partial charge in [0.15, 0.2) is 0 Å². The van der Waals surface area contributed by atoms with Gasteiger partial charge < -0.3 is 4.42 Å². The van der Waals surface area contributed by atoms with Crippen LogP contribution in [0.2, 0.25) is 0 Å². The van der Waals surface area contributed by atoms with E-state index in [1.165, 1.54) is 60.3 Å². The van der Waals surface area contributed by atoms with Crippen LogP contribution in [0.15, 0.2) is 138 Å². The molecule has 0 spiro atoms. The van der Waals surface area contributed by atoms with Crippen molar-refractivity contribution < 1.29 is 4.42 Å². The van der Waals surface area contributed by atoms with E-state index < -0.39 is 0 Å². The van der Waals surface area contributed by atoms with Crippen molar-refractivity contribution in [2.45, 2.75) is 12.8 Å². The van der Waals surface area contributed by atoms with Crippen LogP contribution in [-0.4, -0.2) is 0 Å². The van der Waals surface area contributed by atoms with E-state index in [4.69, 9.17) is 4.42 Å². The van der Waals surface area contributed by atoms with E-state index in [1.54, 1.807) is 0 Å². The molecule has 0 unspecified atom stereocenters. The number of benzene rings is 6. The van der Waals surface area contributed by atoms with Crippen molar-refractivity contribution in [2.24, 2.45) is 0 Å². The molecule has 0 saturated heterocycles. The van der Waals surface area contributed by atoms with Gasteiger partial charge >= 0.3 is 0 Å². The Kier molecular flexibility index (Phi) is 5.03. The Labute approximate surface area is 227 Å². The number of fused-ring (bicyclic) bond motifs is 5. The van der Waals surface area contributed by atoms with Crippen LogP contribution in [0.25, 0.3) is 71.3 Å². The first-order valence-electron chi connectivity index (χ1n) is 13.7. The van der Waals surface area contributed by atoms with E-state index in [1.807, 2.05) is 6.07 Å². The lowest BCUT2D eigenvalue weighted by atomic mass is 9.84. The molecule has 184 valence electrons. The van der Waals surface area contributed by atoms with Crippen LogP contribution in [0, 0.1) is 0 Å². The normalized spacial score (nSPS) is 13.5. The Morgan fingerprint density at radius 1 is 0.462 bits per heavy atom. The molecule has 0 aliphatic heterocycles. The van der Waals surface area contributed by atoms with Gasteiger partial charge in [-0.3, -0.25) is 0 Å². The highest BCUT2D eigenvalue weighted by molar-refractivity contribution is 6.25. The molecule has 0 atom stereocenters. The molecule has 0 bridgehead atoms. The third-order valence-electron chi connectivity index (χ3n) is 8.11. The Bertz CT molecular complexity index is 2040. The smallest absolute Gasteiger partial charge is 0.136 e. The molecule has 0 fully saturated rings. The second-order valence-electron chi connectivity index (χ2n) is 10.3. The molecule has 7 aromatic rings. The van der Waals surface area contributed by atoms with E-state index in [2.05, 4.69) is 127 Å². The fraction of sp³-hybridized carbons (Fsp3) is 0.0526. The molecule has 0 N–H and O–H groups in total. The summed E-state index contributed by atoms with van der Waals surface area (Å²) in [5, 5.41) is 7.37. The summed E-state index contributed by atoms with van der Waals surface area (Å²) in [6.07, 6.45) is 9.11. The summed E-state index contributed by atoms with van der Waals surface area (Å²) < 4.78 is 6.28. The van der Waals surface area contributed by atoms with Gasteiger partial charge in [-0.05, 0) is 79.9 Å². The molecule has 0 saturated carbocycles. The molecular weight excluding hydrogens is 472 g/mol. The maximum atomic E-state index is 6.28. The standard InChI is InChI=1S/C38H26O/c1-2-11-25(12-3-1)26-21-23-27(24-22-26)36-28-13-4-6-15-30(28)37(31-16-7-5-14-29(31)36)33-18-10-20-35-38(33)32-17-8-9-19-34(32)39-35/h2,4-24H,1,3H2. The summed E-state index contributed by atoms with van der Waals surface area (Å²) in [5.74, 6) is 0. The lowest BCUT2D eigenvalue weighted by Crippen LogP contribution is -1.92. The third-order valence-corrected chi connectivity index (χ3v) is 8.11. The Morgan fingerprint density at radius 3 is 1.72 bits per heavy atom. The van der Waals surface area contributed by atoms with Crippen molar-refractivity contribution in [3.05, 3.63) is 139 Å². The molecule has 1 nitrogen and oxygen atoms in total. The Balaban J connectivity index is 1.44. The molecule has 39 heavy (non-hydrogen) atoms. The minimum absolute atomic E-state index is 0.924. The third kappa shape index (κ3) is 3.47. The zero-order valence-electron chi connectivity index (χ0n) is 21.5. The maximum Gasteiger partial charge on any atom is 0.136 e. The average molecular weight is 499 g/mol. The van der Waals surface area contributed by atoms with Crippen LogP contribution < -0.4 is 0 Å². The first-order chi connectivity index (χ1) is 19.4. The summed E-state index contributed by atoms with van der Waals surface area (Å²) >= 11 is 0. The first kappa shape index (κ1) is 22.1. The molecule has 1 heteroatoms. The minimum atomic E-state index is 0.924. The lowest BCUT2D eigenvalue weighted by Gasteiger charge is -2.18. The summed E-state index contributed by atoms with van der Waals surface area (Å²) in [4.78, 5) is 0. The molecule has 1 aromatic heterocycles. The van der Waals surface area contributed by atoms with Gasteiger partial charge in [0, 0.05) is 10.8 Å². The van der Waals surface area contributed by atoms with Crippen molar-refractivity contribution in [3.63, 3.8) is 0 Å². The average Bonchev–Trinajstić information content (AvgIpc) is 3.40. The highest BCUT2D eigenvalue weighted by Gasteiger charge is 2.20. The van der Waals surface area contributed by atoms with Crippen LogP contribution >= 0.6 is 0 Å². The topological polar surface area (TPSA) is 13.1 Å². The highest BCUT2D eigenvalue weighted by atomic mass is 16.3. The minimum Gasteiger partial charge on any atom is -0.456 e. The number of hydrogen-bond donors (Lipinski definition) is 0. The predicted molar refractivity (Wildman–Crippen MR) is 166 cm³/mol. The van der Waals surface area contributed by atoms with Crippen LogP contribution in [0.5, 0.6) is 0 Å². The SMILES string of the molecule is C1=CC(c2ccc(-c3c4ccccc4c(-c4cccc5oc6ccccc6c45)c4ccccc34)cc2)=CCC1. The molecule has 0 amide bonds. The first-order valence-corrected chi connectivity index (χ1v) is 13.7. The Morgan fingerprint density at radius 2 is 1.05 bits per heavy atom. The lowest BCUT2D eigenvalue weighted by molar-refractivity contribution is 0.669. The van der Waals surface area contributed by atoms with Gasteiger partial charge in [0.2, 0.25) is 0 Å². The fourth-order valence-electron chi connectivity index (χ4n) is 6.37. The molecule has 8 rings (SSSR count). The number of furan rings is 1. The van der Waals surface area contributed by atoms with Crippen molar-refractivity contribution >= 4 is 49.1 Å². The predicted octanol–water partition coefficient (Wildman–Crippen LogP) is 11.0. The number of hydrogen-bond acceptors (Lipinski definition) is 1. The van der Waals surface area contributed by atoms with E-state index in [0.717, 1.165) is 29.4 Å². The Hall–Kier alpha value is -4.88. The van der Waals surface area contributed by atoms with Gasteiger partial charge in [-0.15, -0.1) is 0 Å². The molecule has 1 aliphatic rings. The van der Waals surface area contributed by atoms with Crippen molar-refractivity contribution in [1.29, 1.82) is 0 Å². The molecule has 1 aliphatic carbocycles. The largest absolute Gasteiger partial charge is 0.456 e. The monoisotopic (exact) mass is 498 g/mol. The van der Waals surface area contributed by atoms with E-state index in [0.29, 0.717) is 0 Å². The molecular formula is C38H26O. The van der Waals surface area contributed by atoms with Gasteiger partial charge in [-0.2, -0.15) is 0 Å².